The fraction of sp³-hybridized carbons (Fsp3) is 0.750. The van der Waals surface area contributed by atoms with E-state index in [0.29, 0.717) is 11.7 Å². The lowest BCUT2D eigenvalue weighted by molar-refractivity contribution is 0.108. The van der Waals surface area contributed by atoms with Crippen molar-refractivity contribution in [3.8, 4) is 0 Å². The van der Waals surface area contributed by atoms with Gasteiger partial charge in [0.05, 0.1) is 5.54 Å². The minimum atomic E-state index is -0.829. The average molecular weight is 308 g/mol. The summed E-state index contributed by atoms with van der Waals surface area (Å²) in [7, 11) is 0. The number of aromatic nitrogens is 2. The highest BCUT2D eigenvalue weighted by Crippen LogP contribution is 2.39. The van der Waals surface area contributed by atoms with Crippen LogP contribution >= 0.6 is 0 Å². The first-order valence-corrected chi connectivity index (χ1v) is 7.98. The highest BCUT2D eigenvalue weighted by Gasteiger charge is 2.36. The first-order valence-electron chi connectivity index (χ1n) is 7.98. The van der Waals surface area contributed by atoms with Crippen LogP contribution in [0, 0.1) is 0 Å². The van der Waals surface area contributed by atoms with Gasteiger partial charge in [-0.05, 0) is 53.9 Å². The molecule has 6 nitrogen and oxygen atoms in total. The first-order chi connectivity index (χ1) is 10.1. The summed E-state index contributed by atoms with van der Waals surface area (Å²) in [6, 6.07) is 2.02. The van der Waals surface area contributed by atoms with Gasteiger partial charge in [0, 0.05) is 29.8 Å². The quantitative estimate of drug-likeness (QED) is 0.897. The number of amides is 1. The zero-order valence-corrected chi connectivity index (χ0v) is 14.2. The summed E-state index contributed by atoms with van der Waals surface area (Å²) in [5.41, 5.74) is 6.90. The molecule has 1 aromatic rings. The van der Waals surface area contributed by atoms with Crippen LogP contribution in [0.4, 0.5) is 10.6 Å². The van der Waals surface area contributed by atoms with Crippen molar-refractivity contribution in [2.75, 3.05) is 5.73 Å². The van der Waals surface area contributed by atoms with Gasteiger partial charge in [0.2, 0.25) is 0 Å². The second kappa shape index (κ2) is 5.82. The molecule has 1 heterocycles. The summed E-state index contributed by atoms with van der Waals surface area (Å²) in [5, 5.41) is 13.9. The summed E-state index contributed by atoms with van der Waals surface area (Å²) in [4.78, 5) is 13.1. The Hall–Kier alpha value is -1.72. The molecule has 0 radical (unpaired) electrons. The zero-order valence-electron chi connectivity index (χ0n) is 14.2. The molecule has 6 heteroatoms. The van der Waals surface area contributed by atoms with Gasteiger partial charge in [-0.25, -0.2) is 4.79 Å². The molecule has 1 unspecified atom stereocenters. The van der Waals surface area contributed by atoms with Gasteiger partial charge in [-0.3, -0.25) is 4.68 Å². The molecule has 0 aromatic carbocycles. The van der Waals surface area contributed by atoms with Gasteiger partial charge in [0.1, 0.15) is 5.82 Å². The second-order valence-electron chi connectivity index (χ2n) is 7.52. The number of hydrogen-bond acceptors (Lipinski definition) is 3. The molecule has 1 aliphatic carbocycles. The van der Waals surface area contributed by atoms with E-state index in [-0.39, 0.29) is 17.6 Å². The first kappa shape index (κ1) is 16.6. The Balaban J connectivity index is 2.22. The second-order valence-corrected chi connectivity index (χ2v) is 7.52. The van der Waals surface area contributed by atoms with Gasteiger partial charge < -0.3 is 15.7 Å². The molecule has 1 aliphatic rings. The van der Waals surface area contributed by atoms with Crippen LogP contribution in [0.3, 0.4) is 0 Å². The van der Waals surface area contributed by atoms with Crippen LogP contribution in [0.15, 0.2) is 6.07 Å². The van der Waals surface area contributed by atoms with Crippen LogP contribution in [0.1, 0.15) is 65.5 Å². The monoisotopic (exact) mass is 308 g/mol. The Labute approximate surface area is 132 Å². The number of nitrogens with zero attached hydrogens (tertiary/aromatic N) is 3. The van der Waals surface area contributed by atoms with E-state index in [1.165, 1.54) is 0 Å². The van der Waals surface area contributed by atoms with E-state index in [0.717, 1.165) is 25.0 Å². The maximum atomic E-state index is 11.5. The smallest absolute Gasteiger partial charge is 0.407 e. The van der Waals surface area contributed by atoms with Gasteiger partial charge in [-0.1, -0.05) is 0 Å². The third kappa shape index (κ3) is 3.20. The van der Waals surface area contributed by atoms with Crippen LogP contribution in [0.2, 0.25) is 0 Å². The van der Waals surface area contributed by atoms with Crippen molar-refractivity contribution in [3.05, 3.63) is 11.8 Å². The Morgan fingerprint density at radius 1 is 1.45 bits per heavy atom. The van der Waals surface area contributed by atoms with E-state index < -0.39 is 6.09 Å². The molecule has 1 aromatic heterocycles. The van der Waals surface area contributed by atoms with Gasteiger partial charge in [0.25, 0.3) is 0 Å². The van der Waals surface area contributed by atoms with Crippen LogP contribution in [-0.2, 0) is 5.54 Å². The molecule has 0 spiro atoms. The van der Waals surface area contributed by atoms with E-state index in [1.807, 2.05) is 24.6 Å². The number of nitrogens with two attached hydrogens (primary N) is 1. The van der Waals surface area contributed by atoms with Gasteiger partial charge in [-0.2, -0.15) is 5.10 Å². The molecule has 124 valence electrons. The third-order valence-electron chi connectivity index (χ3n) is 4.39. The Morgan fingerprint density at radius 3 is 2.59 bits per heavy atom. The number of anilines is 1. The lowest BCUT2D eigenvalue weighted by Gasteiger charge is -2.30. The largest absolute Gasteiger partial charge is 0.465 e. The van der Waals surface area contributed by atoms with E-state index in [1.54, 1.807) is 4.90 Å². The summed E-state index contributed by atoms with van der Waals surface area (Å²) in [6.07, 6.45) is 1.88. The normalized spacial score (nSPS) is 22.3. The molecule has 2 rings (SSSR count). The lowest BCUT2D eigenvalue weighted by Crippen LogP contribution is -2.42. The van der Waals surface area contributed by atoms with E-state index in [9.17, 15) is 9.90 Å². The van der Waals surface area contributed by atoms with Crippen molar-refractivity contribution in [1.29, 1.82) is 0 Å². The summed E-state index contributed by atoms with van der Waals surface area (Å²) in [5.74, 6) is 0.849. The summed E-state index contributed by atoms with van der Waals surface area (Å²) in [6.45, 7) is 10.2. The van der Waals surface area contributed by atoms with Crippen molar-refractivity contribution in [1.82, 2.24) is 14.7 Å². The molecule has 1 saturated carbocycles. The fourth-order valence-electron chi connectivity index (χ4n) is 3.52. The molecular formula is C16H28N4O2. The van der Waals surface area contributed by atoms with Gasteiger partial charge in [-0.15, -0.1) is 0 Å². The minimum absolute atomic E-state index is 0.00107. The SMILES string of the molecule is CC(C)N(C(=O)O)C1CC[C@@H](c2cc(N)nn2C(C)(C)C)C1. The van der Waals surface area contributed by atoms with Crippen LogP contribution in [-0.4, -0.2) is 38.0 Å². The standard InChI is InChI=1S/C16H28N4O2/c1-10(2)19(15(21)22)12-7-6-11(8-12)13-9-14(17)18-20(13)16(3,4)5/h9-12H,6-8H2,1-5H3,(H2,17,18)(H,21,22)/t11-,12?/m1/s1. The molecule has 22 heavy (non-hydrogen) atoms. The molecule has 1 amide bonds. The number of hydrogen-bond donors (Lipinski definition) is 2. The van der Waals surface area contributed by atoms with Crippen molar-refractivity contribution >= 4 is 11.9 Å². The predicted molar refractivity (Wildman–Crippen MR) is 87.0 cm³/mol. The Morgan fingerprint density at radius 2 is 2.09 bits per heavy atom. The molecule has 1 fully saturated rings. The van der Waals surface area contributed by atoms with Crippen molar-refractivity contribution in [2.24, 2.45) is 0 Å². The van der Waals surface area contributed by atoms with Crippen LogP contribution in [0.25, 0.3) is 0 Å². The minimum Gasteiger partial charge on any atom is -0.465 e. The zero-order chi connectivity index (χ0) is 16.7. The van der Waals surface area contributed by atoms with Crippen molar-refractivity contribution < 1.29 is 9.90 Å². The molecule has 0 aliphatic heterocycles. The number of nitrogen functional groups attached to an aromatic ring is 1. The highest BCUT2D eigenvalue weighted by atomic mass is 16.4. The van der Waals surface area contributed by atoms with E-state index in [2.05, 4.69) is 25.9 Å². The maximum Gasteiger partial charge on any atom is 0.407 e. The number of carbonyl (C=O) groups is 1. The van der Waals surface area contributed by atoms with Gasteiger partial charge in [0.15, 0.2) is 0 Å². The fourth-order valence-corrected chi connectivity index (χ4v) is 3.52. The summed E-state index contributed by atoms with van der Waals surface area (Å²) >= 11 is 0. The maximum absolute atomic E-state index is 11.5. The number of rotatable bonds is 3. The van der Waals surface area contributed by atoms with Crippen molar-refractivity contribution in [3.63, 3.8) is 0 Å². The number of carboxylic acid groups (broad SMARTS) is 1. The highest BCUT2D eigenvalue weighted by molar-refractivity contribution is 5.66. The Bertz CT molecular complexity index is 545. The molecule has 0 bridgehead atoms. The molecule has 2 atom stereocenters. The van der Waals surface area contributed by atoms with E-state index >= 15 is 0 Å². The topological polar surface area (TPSA) is 84.4 Å². The Kier molecular flexibility index (Phi) is 4.40. The average Bonchev–Trinajstić information content (AvgIpc) is 2.93. The van der Waals surface area contributed by atoms with Gasteiger partial charge >= 0.3 is 6.09 Å². The predicted octanol–water partition coefficient (Wildman–Crippen LogP) is 3.24. The molecule has 3 N–H and O–H groups in total. The third-order valence-corrected chi connectivity index (χ3v) is 4.39. The van der Waals surface area contributed by atoms with E-state index in [4.69, 9.17) is 5.73 Å². The van der Waals surface area contributed by atoms with Crippen LogP contribution in [0.5, 0.6) is 0 Å². The lowest BCUT2D eigenvalue weighted by atomic mass is 10.0. The van der Waals surface area contributed by atoms with Crippen LogP contribution < -0.4 is 5.73 Å². The summed E-state index contributed by atoms with van der Waals surface area (Å²) < 4.78 is 2.00. The molecular weight excluding hydrogens is 280 g/mol. The van der Waals surface area contributed by atoms with Crippen molar-refractivity contribution in [2.45, 2.75) is 77.4 Å². The molecule has 0 saturated heterocycles.